The van der Waals surface area contributed by atoms with E-state index < -0.39 is 0 Å². The molecular weight excluding hydrogens is 208 g/mol. The molecule has 1 aromatic heterocycles. The third kappa shape index (κ3) is 2.15. The van der Waals surface area contributed by atoms with E-state index in [0.717, 1.165) is 13.0 Å². The van der Waals surface area contributed by atoms with Crippen molar-refractivity contribution >= 4 is 5.78 Å². The first kappa shape index (κ1) is 11.3. The van der Waals surface area contributed by atoms with Crippen LogP contribution in [0.4, 0.5) is 0 Å². The molecule has 1 aliphatic rings. The number of rotatable bonds is 4. The molecule has 0 aliphatic carbocycles. The number of ether oxygens (including phenoxy) is 1. The molecule has 1 N–H and O–H groups in total. The van der Waals surface area contributed by atoms with Gasteiger partial charge in [-0.25, -0.2) is 4.98 Å². The third-order valence-electron chi connectivity index (χ3n) is 2.68. The normalized spacial score (nSPS) is 20.2. The minimum absolute atomic E-state index is 0.0577. The highest BCUT2D eigenvalue weighted by Gasteiger charge is 2.25. The van der Waals surface area contributed by atoms with Crippen LogP contribution in [0.25, 0.3) is 0 Å². The van der Waals surface area contributed by atoms with Gasteiger partial charge in [-0.15, -0.1) is 0 Å². The Morgan fingerprint density at radius 3 is 3.06 bits per heavy atom. The number of carbonyl (C=O) groups is 1. The molecule has 1 atom stereocenters. The fourth-order valence-corrected chi connectivity index (χ4v) is 1.82. The number of oxazole rings is 1. The highest BCUT2D eigenvalue weighted by Crippen LogP contribution is 2.26. The van der Waals surface area contributed by atoms with Crippen molar-refractivity contribution in [2.75, 3.05) is 26.8 Å². The van der Waals surface area contributed by atoms with Crippen LogP contribution in [0.15, 0.2) is 4.42 Å². The zero-order valence-corrected chi connectivity index (χ0v) is 9.58. The Morgan fingerprint density at radius 1 is 1.62 bits per heavy atom. The maximum atomic E-state index is 11.7. The zero-order chi connectivity index (χ0) is 11.5. The topological polar surface area (TPSA) is 64.4 Å². The fraction of sp³-hybridized carbons (Fsp3) is 0.636. The number of likely N-dealkylation sites (N-methyl/N-ethyl adjacent to an activating group) is 1. The highest BCUT2D eigenvalue weighted by molar-refractivity contribution is 5.95. The van der Waals surface area contributed by atoms with E-state index in [-0.39, 0.29) is 18.2 Å². The van der Waals surface area contributed by atoms with Gasteiger partial charge >= 0.3 is 0 Å². The van der Waals surface area contributed by atoms with Crippen LogP contribution in [-0.4, -0.2) is 37.6 Å². The van der Waals surface area contributed by atoms with Crippen molar-refractivity contribution in [2.24, 2.45) is 0 Å². The van der Waals surface area contributed by atoms with Gasteiger partial charge in [0, 0.05) is 6.61 Å². The van der Waals surface area contributed by atoms with Crippen molar-refractivity contribution in [3.05, 3.63) is 17.3 Å². The summed E-state index contributed by atoms with van der Waals surface area (Å²) < 4.78 is 10.8. The Bertz CT molecular complexity index is 381. The van der Waals surface area contributed by atoms with Gasteiger partial charge in [0.1, 0.15) is 0 Å². The van der Waals surface area contributed by atoms with Crippen molar-refractivity contribution in [3.63, 3.8) is 0 Å². The third-order valence-corrected chi connectivity index (χ3v) is 2.68. The van der Waals surface area contributed by atoms with E-state index in [1.807, 2.05) is 0 Å². The lowest BCUT2D eigenvalue weighted by Gasteiger charge is -2.00. The van der Waals surface area contributed by atoms with Crippen LogP contribution < -0.4 is 5.32 Å². The average Bonchev–Trinajstić information content (AvgIpc) is 2.86. The predicted molar refractivity (Wildman–Crippen MR) is 57.7 cm³/mol. The molecule has 0 aromatic carbocycles. The number of aryl methyl sites for hydroxylation is 1. The van der Waals surface area contributed by atoms with Crippen molar-refractivity contribution in [2.45, 2.75) is 19.3 Å². The van der Waals surface area contributed by atoms with Crippen LogP contribution in [-0.2, 0) is 4.74 Å². The molecule has 5 heteroatoms. The number of Topliss-reactive ketones (excluding diaryl/α,β-unsaturated/α-hetero) is 1. The molecule has 1 unspecified atom stereocenters. The van der Waals surface area contributed by atoms with E-state index in [9.17, 15) is 4.79 Å². The Morgan fingerprint density at radius 2 is 2.44 bits per heavy atom. The van der Waals surface area contributed by atoms with Gasteiger partial charge in [-0.2, -0.15) is 0 Å². The van der Waals surface area contributed by atoms with E-state index >= 15 is 0 Å². The lowest BCUT2D eigenvalue weighted by Crippen LogP contribution is -2.18. The van der Waals surface area contributed by atoms with Gasteiger partial charge in [-0.05, 0) is 20.4 Å². The molecule has 88 valence electrons. The number of nitrogens with one attached hydrogen (secondary N) is 1. The Balaban J connectivity index is 2.17. The lowest BCUT2D eigenvalue weighted by atomic mass is 10.1. The maximum absolute atomic E-state index is 11.7. The Kier molecular flexibility index (Phi) is 3.36. The molecule has 1 aromatic rings. The van der Waals surface area contributed by atoms with Crippen molar-refractivity contribution < 1.29 is 13.9 Å². The first-order valence-electron chi connectivity index (χ1n) is 5.45. The van der Waals surface area contributed by atoms with Gasteiger partial charge in [0.2, 0.25) is 11.7 Å². The van der Waals surface area contributed by atoms with Crippen LogP contribution in [0, 0.1) is 6.92 Å². The van der Waals surface area contributed by atoms with Gasteiger partial charge in [-0.1, -0.05) is 0 Å². The second-order valence-electron chi connectivity index (χ2n) is 3.98. The minimum Gasteiger partial charge on any atom is -0.437 e. The summed E-state index contributed by atoms with van der Waals surface area (Å²) >= 11 is 0. The molecule has 2 rings (SSSR count). The lowest BCUT2D eigenvalue weighted by molar-refractivity contribution is 0.0963. The molecule has 1 fully saturated rings. The first-order valence-corrected chi connectivity index (χ1v) is 5.45. The molecular formula is C11H16N2O3. The molecule has 2 heterocycles. The van der Waals surface area contributed by atoms with Crippen LogP contribution in [0.2, 0.25) is 0 Å². The van der Waals surface area contributed by atoms with Gasteiger partial charge in [0.25, 0.3) is 0 Å². The van der Waals surface area contributed by atoms with Crippen molar-refractivity contribution in [1.29, 1.82) is 0 Å². The molecule has 16 heavy (non-hydrogen) atoms. The molecule has 0 amide bonds. The molecule has 1 saturated heterocycles. The zero-order valence-electron chi connectivity index (χ0n) is 9.58. The van der Waals surface area contributed by atoms with Gasteiger partial charge in [0.05, 0.1) is 24.8 Å². The minimum atomic E-state index is -0.0577. The number of hydrogen-bond donors (Lipinski definition) is 1. The van der Waals surface area contributed by atoms with Gasteiger partial charge in [0.15, 0.2) is 5.76 Å². The molecule has 0 radical (unpaired) electrons. The van der Waals surface area contributed by atoms with Crippen LogP contribution in [0.1, 0.15) is 34.5 Å². The molecule has 0 spiro atoms. The summed E-state index contributed by atoms with van der Waals surface area (Å²) in [6.45, 7) is 3.45. The van der Waals surface area contributed by atoms with E-state index in [4.69, 9.17) is 9.15 Å². The number of carbonyl (C=O) groups excluding carboxylic acids is 1. The Labute approximate surface area is 94.2 Å². The highest BCUT2D eigenvalue weighted by atomic mass is 16.5. The summed E-state index contributed by atoms with van der Waals surface area (Å²) in [5, 5.41) is 2.81. The molecule has 5 nitrogen and oxygen atoms in total. The summed E-state index contributed by atoms with van der Waals surface area (Å²) in [4.78, 5) is 16.0. The predicted octanol–water partition coefficient (Wildman–Crippen LogP) is 0.889. The monoisotopic (exact) mass is 224 g/mol. The molecule has 0 bridgehead atoms. The quantitative estimate of drug-likeness (QED) is 0.769. The molecule has 0 saturated carbocycles. The van der Waals surface area contributed by atoms with Gasteiger partial charge < -0.3 is 14.5 Å². The number of aromatic nitrogens is 1. The number of nitrogens with zero attached hydrogens (tertiary/aromatic N) is 1. The summed E-state index contributed by atoms with van der Waals surface area (Å²) in [6, 6.07) is 0. The van der Waals surface area contributed by atoms with E-state index in [1.165, 1.54) is 0 Å². The Hall–Kier alpha value is -1.20. The largest absolute Gasteiger partial charge is 0.437 e. The SMILES string of the molecule is CNCC(=O)c1oc(C2CCOC2)nc1C. The standard InChI is InChI=1S/C11H16N2O3/c1-7-10(9(14)5-12-2)16-11(13-7)8-3-4-15-6-8/h8,12H,3-6H2,1-2H3. The van der Waals surface area contributed by atoms with Crippen molar-refractivity contribution in [3.8, 4) is 0 Å². The average molecular weight is 224 g/mol. The first-order chi connectivity index (χ1) is 7.72. The van der Waals surface area contributed by atoms with E-state index in [2.05, 4.69) is 10.3 Å². The van der Waals surface area contributed by atoms with Crippen LogP contribution in [0.5, 0.6) is 0 Å². The summed E-state index contributed by atoms with van der Waals surface area (Å²) in [5.41, 5.74) is 0.669. The van der Waals surface area contributed by atoms with Crippen molar-refractivity contribution in [1.82, 2.24) is 10.3 Å². The van der Waals surface area contributed by atoms with E-state index in [1.54, 1.807) is 14.0 Å². The molecule has 1 aliphatic heterocycles. The van der Waals surface area contributed by atoms with Crippen LogP contribution in [0.3, 0.4) is 0 Å². The second kappa shape index (κ2) is 4.76. The smallest absolute Gasteiger partial charge is 0.213 e. The summed E-state index contributed by atoms with van der Waals surface area (Å²) in [7, 11) is 1.73. The van der Waals surface area contributed by atoms with Crippen LogP contribution >= 0.6 is 0 Å². The maximum Gasteiger partial charge on any atom is 0.213 e. The fourth-order valence-electron chi connectivity index (χ4n) is 1.82. The number of hydrogen-bond acceptors (Lipinski definition) is 5. The number of ketones is 1. The second-order valence-corrected chi connectivity index (χ2v) is 3.98. The van der Waals surface area contributed by atoms with E-state index in [0.29, 0.717) is 24.0 Å². The summed E-state index contributed by atoms with van der Waals surface area (Å²) in [6.07, 6.45) is 0.916. The summed E-state index contributed by atoms with van der Waals surface area (Å²) in [5.74, 6) is 1.15. The van der Waals surface area contributed by atoms with Gasteiger partial charge in [-0.3, -0.25) is 4.79 Å².